The number of amides is 2. The van der Waals surface area contributed by atoms with E-state index in [1.807, 2.05) is 31.2 Å². The first-order chi connectivity index (χ1) is 16.5. The third-order valence-corrected chi connectivity index (χ3v) is 5.20. The van der Waals surface area contributed by atoms with Gasteiger partial charge >= 0.3 is 0 Å². The van der Waals surface area contributed by atoms with Crippen molar-refractivity contribution in [2.75, 3.05) is 43.7 Å². The van der Waals surface area contributed by atoms with E-state index in [4.69, 9.17) is 18.9 Å². The first-order valence-corrected chi connectivity index (χ1v) is 10.9. The Bertz CT molecular complexity index is 1160. The van der Waals surface area contributed by atoms with Crippen molar-refractivity contribution in [3.8, 4) is 23.0 Å². The number of methoxy groups -OCH3 is 1. The summed E-state index contributed by atoms with van der Waals surface area (Å²) in [5.41, 5.74) is 2.33. The number of nitrogens with zero attached hydrogens (tertiary/aromatic N) is 1. The summed E-state index contributed by atoms with van der Waals surface area (Å²) < 4.78 is 22.0. The maximum atomic E-state index is 12.4. The van der Waals surface area contributed by atoms with Gasteiger partial charge in [0.25, 0.3) is 11.8 Å². The van der Waals surface area contributed by atoms with Crippen molar-refractivity contribution in [1.82, 2.24) is 0 Å². The number of carbonyl (C=O) groups is 2. The van der Waals surface area contributed by atoms with Gasteiger partial charge in [0.1, 0.15) is 29.6 Å². The molecule has 176 valence electrons. The van der Waals surface area contributed by atoms with Gasteiger partial charge in [0, 0.05) is 17.8 Å². The summed E-state index contributed by atoms with van der Waals surface area (Å²) in [5, 5.41) is 2.78. The van der Waals surface area contributed by atoms with E-state index >= 15 is 0 Å². The number of fused-ring (bicyclic) bond motifs is 1. The minimum Gasteiger partial charge on any atom is -0.497 e. The molecule has 0 fully saturated rings. The SMILES string of the molecule is COc1cccc(OCC(=O)Nc2ccc3c(c2)OCC(=O)N3CCOc2ccc(C)cc2)c1. The lowest BCUT2D eigenvalue weighted by molar-refractivity contribution is -0.121. The minimum absolute atomic E-state index is 0.0755. The van der Waals surface area contributed by atoms with Crippen molar-refractivity contribution in [2.45, 2.75) is 6.92 Å². The smallest absolute Gasteiger partial charge is 0.265 e. The molecule has 1 N–H and O–H groups in total. The second-order valence-corrected chi connectivity index (χ2v) is 7.69. The number of hydrogen-bond acceptors (Lipinski definition) is 6. The summed E-state index contributed by atoms with van der Waals surface area (Å²) in [7, 11) is 1.57. The van der Waals surface area contributed by atoms with Crippen LogP contribution in [0.2, 0.25) is 0 Å². The highest BCUT2D eigenvalue weighted by Crippen LogP contribution is 2.34. The molecule has 1 aliphatic heterocycles. The van der Waals surface area contributed by atoms with Crippen LogP contribution in [0.3, 0.4) is 0 Å². The average Bonchev–Trinajstić information content (AvgIpc) is 2.85. The number of carbonyl (C=O) groups excluding carboxylic acids is 2. The summed E-state index contributed by atoms with van der Waals surface area (Å²) in [5.74, 6) is 1.97. The van der Waals surface area contributed by atoms with E-state index in [0.717, 1.165) is 11.3 Å². The second kappa shape index (κ2) is 10.6. The second-order valence-electron chi connectivity index (χ2n) is 7.69. The Morgan fingerprint density at radius 2 is 1.79 bits per heavy atom. The Balaban J connectivity index is 1.34. The van der Waals surface area contributed by atoms with Gasteiger partial charge in [-0.2, -0.15) is 0 Å². The fourth-order valence-corrected chi connectivity index (χ4v) is 3.45. The van der Waals surface area contributed by atoms with E-state index in [9.17, 15) is 9.59 Å². The van der Waals surface area contributed by atoms with Crippen molar-refractivity contribution >= 4 is 23.2 Å². The summed E-state index contributed by atoms with van der Waals surface area (Å²) in [6.07, 6.45) is 0. The zero-order valence-electron chi connectivity index (χ0n) is 19.1. The third kappa shape index (κ3) is 5.78. The van der Waals surface area contributed by atoms with Gasteiger partial charge in [-0.05, 0) is 43.3 Å². The zero-order chi connectivity index (χ0) is 23.9. The van der Waals surface area contributed by atoms with Crippen LogP contribution in [-0.4, -0.2) is 45.3 Å². The zero-order valence-corrected chi connectivity index (χ0v) is 19.1. The molecule has 4 rings (SSSR count). The number of nitrogens with one attached hydrogen (secondary N) is 1. The molecular formula is C26H26N2O6. The van der Waals surface area contributed by atoms with E-state index in [0.29, 0.717) is 41.8 Å². The Labute approximate surface area is 198 Å². The quantitative estimate of drug-likeness (QED) is 0.520. The molecule has 1 heterocycles. The van der Waals surface area contributed by atoms with Gasteiger partial charge in [0.05, 0.1) is 19.3 Å². The van der Waals surface area contributed by atoms with Crippen LogP contribution in [0.1, 0.15) is 5.56 Å². The molecule has 3 aromatic carbocycles. The highest BCUT2D eigenvalue weighted by atomic mass is 16.5. The van der Waals surface area contributed by atoms with Crippen LogP contribution in [0.25, 0.3) is 0 Å². The van der Waals surface area contributed by atoms with E-state index in [-0.39, 0.29) is 25.0 Å². The molecule has 8 nitrogen and oxygen atoms in total. The van der Waals surface area contributed by atoms with Crippen LogP contribution in [0.5, 0.6) is 23.0 Å². The number of hydrogen-bond donors (Lipinski definition) is 1. The third-order valence-electron chi connectivity index (χ3n) is 5.20. The Morgan fingerprint density at radius 1 is 1.00 bits per heavy atom. The molecule has 2 amide bonds. The molecule has 1 aliphatic rings. The number of benzene rings is 3. The fraction of sp³-hybridized carbons (Fsp3) is 0.231. The summed E-state index contributed by atoms with van der Waals surface area (Å²) >= 11 is 0. The van der Waals surface area contributed by atoms with Crippen molar-refractivity contribution < 1.29 is 28.5 Å². The molecule has 3 aromatic rings. The predicted octanol–water partition coefficient (Wildman–Crippen LogP) is 3.83. The highest BCUT2D eigenvalue weighted by Gasteiger charge is 2.26. The van der Waals surface area contributed by atoms with Gasteiger partial charge in [-0.3, -0.25) is 9.59 Å². The van der Waals surface area contributed by atoms with Gasteiger partial charge in [-0.15, -0.1) is 0 Å². The van der Waals surface area contributed by atoms with Gasteiger partial charge in [-0.1, -0.05) is 23.8 Å². The number of rotatable bonds is 9. The lowest BCUT2D eigenvalue weighted by atomic mass is 10.2. The molecular weight excluding hydrogens is 436 g/mol. The molecule has 0 aliphatic carbocycles. The van der Waals surface area contributed by atoms with E-state index < -0.39 is 0 Å². The fourth-order valence-electron chi connectivity index (χ4n) is 3.45. The molecule has 34 heavy (non-hydrogen) atoms. The van der Waals surface area contributed by atoms with Crippen molar-refractivity contribution in [2.24, 2.45) is 0 Å². The van der Waals surface area contributed by atoms with E-state index in [2.05, 4.69) is 5.32 Å². The Morgan fingerprint density at radius 3 is 2.59 bits per heavy atom. The van der Waals surface area contributed by atoms with E-state index in [1.54, 1.807) is 54.5 Å². The molecule has 0 spiro atoms. The Hall–Kier alpha value is -4.20. The van der Waals surface area contributed by atoms with Crippen LogP contribution in [0.15, 0.2) is 66.7 Å². The van der Waals surface area contributed by atoms with Crippen LogP contribution in [0, 0.1) is 6.92 Å². The molecule has 0 radical (unpaired) electrons. The standard InChI is InChI=1S/C26H26N2O6/c1-18-6-9-20(10-7-18)32-13-12-28-23-11-8-19(14-24(23)34-17-26(28)30)27-25(29)16-33-22-5-3-4-21(15-22)31-2/h3-11,14-15H,12-13,16-17H2,1-2H3,(H,27,29). The van der Waals surface area contributed by atoms with Crippen molar-refractivity contribution in [1.29, 1.82) is 0 Å². The van der Waals surface area contributed by atoms with Crippen molar-refractivity contribution in [3.63, 3.8) is 0 Å². The number of ether oxygens (including phenoxy) is 4. The molecule has 0 aromatic heterocycles. The van der Waals surface area contributed by atoms with Gasteiger partial charge in [0.15, 0.2) is 13.2 Å². The molecule has 0 saturated heterocycles. The lowest BCUT2D eigenvalue weighted by Gasteiger charge is -2.29. The topological polar surface area (TPSA) is 86.3 Å². The highest BCUT2D eigenvalue weighted by molar-refractivity contribution is 5.99. The molecule has 0 unspecified atom stereocenters. The predicted molar refractivity (Wildman–Crippen MR) is 128 cm³/mol. The minimum atomic E-state index is -0.321. The van der Waals surface area contributed by atoms with Crippen LogP contribution < -0.4 is 29.2 Å². The van der Waals surface area contributed by atoms with E-state index in [1.165, 1.54) is 0 Å². The van der Waals surface area contributed by atoms with Crippen LogP contribution in [0.4, 0.5) is 11.4 Å². The van der Waals surface area contributed by atoms with Crippen LogP contribution >= 0.6 is 0 Å². The summed E-state index contributed by atoms with van der Waals surface area (Å²) in [6.45, 7) is 2.50. The normalized spacial score (nSPS) is 12.4. The largest absolute Gasteiger partial charge is 0.497 e. The number of anilines is 2. The molecule has 0 atom stereocenters. The van der Waals surface area contributed by atoms with Gasteiger partial charge < -0.3 is 29.2 Å². The monoisotopic (exact) mass is 462 g/mol. The first-order valence-electron chi connectivity index (χ1n) is 10.9. The maximum Gasteiger partial charge on any atom is 0.265 e. The van der Waals surface area contributed by atoms with Gasteiger partial charge in [-0.25, -0.2) is 0 Å². The maximum absolute atomic E-state index is 12.4. The summed E-state index contributed by atoms with van der Waals surface area (Å²) in [6, 6.07) is 19.9. The number of aryl methyl sites for hydroxylation is 1. The van der Waals surface area contributed by atoms with Crippen molar-refractivity contribution in [3.05, 3.63) is 72.3 Å². The lowest BCUT2D eigenvalue weighted by Crippen LogP contribution is -2.41. The molecule has 0 saturated carbocycles. The van der Waals surface area contributed by atoms with Gasteiger partial charge in [0.2, 0.25) is 0 Å². The first kappa shape index (κ1) is 23.0. The Kier molecular flexibility index (Phi) is 7.17. The molecule has 0 bridgehead atoms. The van der Waals surface area contributed by atoms with Crippen LogP contribution in [-0.2, 0) is 9.59 Å². The average molecular weight is 463 g/mol. The summed E-state index contributed by atoms with van der Waals surface area (Å²) in [4.78, 5) is 26.4. The molecule has 8 heteroatoms.